The van der Waals surface area contributed by atoms with Gasteiger partial charge in [-0.2, -0.15) is 0 Å². The minimum Gasteiger partial charge on any atom is -0.496 e. The van der Waals surface area contributed by atoms with E-state index in [2.05, 4.69) is 16.0 Å². The molecule has 2 aromatic rings. The van der Waals surface area contributed by atoms with Crippen molar-refractivity contribution >= 4 is 23.4 Å². The van der Waals surface area contributed by atoms with Gasteiger partial charge >= 0.3 is 0 Å². The van der Waals surface area contributed by atoms with Crippen LogP contribution in [-0.4, -0.2) is 30.9 Å². The lowest BCUT2D eigenvalue weighted by molar-refractivity contribution is -0.122. The zero-order valence-corrected chi connectivity index (χ0v) is 15.0. The number of methoxy groups -OCH3 is 1. The highest BCUT2D eigenvalue weighted by atomic mass is 16.5. The molecule has 0 unspecified atom stereocenters. The number of amides is 3. The number of carbonyl (C=O) groups excluding carboxylic acids is 3. The summed E-state index contributed by atoms with van der Waals surface area (Å²) in [5, 5.41) is 8.22. The van der Waals surface area contributed by atoms with Crippen molar-refractivity contribution in [3.63, 3.8) is 0 Å². The molecule has 0 bridgehead atoms. The molecule has 0 saturated carbocycles. The maximum atomic E-state index is 12.3. The first-order valence-corrected chi connectivity index (χ1v) is 8.68. The van der Waals surface area contributed by atoms with E-state index in [4.69, 9.17) is 4.74 Å². The molecular weight excluding hydrogens is 346 g/mol. The minimum atomic E-state index is -0.762. The molecule has 3 rings (SSSR count). The summed E-state index contributed by atoms with van der Waals surface area (Å²) in [5.74, 6) is -0.162. The molecule has 1 aliphatic heterocycles. The van der Waals surface area contributed by atoms with Crippen LogP contribution >= 0.6 is 0 Å². The third-order valence-electron chi connectivity index (χ3n) is 4.38. The standard InChI is InChI=1S/C20H21N3O4/c1-27-17-9-5-2-6-13(17)12-21-18(24)11-10-16-20(26)22-15-8-4-3-7-14(15)19(25)23-16/h2-9,16H,10-12H2,1H3,(H,21,24)(H,22,26)(H,23,25)/t16-/m1/s1. The van der Waals surface area contributed by atoms with Crippen molar-refractivity contribution in [2.75, 3.05) is 12.4 Å². The molecule has 1 aliphatic rings. The molecule has 7 nitrogen and oxygen atoms in total. The Morgan fingerprint density at radius 3 is 2.67 bits per heavy atom. The van der Waals surface area contributed by atoms with Gasteiger partial charge in [0.05, 0.1) is 18.4 Å². The van der Waals surface area contributed by atoms with Crippen molar-refractivity contribution < 1.29 is 19.1 Å². The second-order valence-corrected chi connectivity index (χ2v) is 6.19. The van der Waals surface area contributed by atoms with Gasteiger partial charge in [-0.15, -0.1) is 0 Å². The van der Waals surface area contributed by atoms with Crippen LogP contribution in [0.2, 0.25) is 0 Å². The first kappa shape index (κ1) is 18.4. The summed E-state index contributed by atoms with van der Waals surface area (Å²) in [5.41, 5.74) is 1.75. The fourth-order valence-electron chi connectivity index (χ4n) is 2.92. The van der Waals surface area contributed by atoms with E-state index in [-0.39, 0.29) is 30.6 Å². The highest BCUT2D eigenvalue weighted by Crippen LogP contribution is 2.19. The number of fused-ring (bicyclic) bond motifs is 1. The van der Waals surface area contributed by atoms with Crippen molar-refractivity contribution in [1.29, 1.82) is 0 Å². The molecule has 27 heavy (non-hydrogen) atoms. The number of hydrogen-bond donors (Lipinski definition) is 3. The minimum absolute atomic E-state index is 0.115. The van der Waals surface area contributed by atoms with E-state index in [1.807, 2.05) is 24.3 Å². The van der Waals surface area contributed by atoms with Gasteiger partial charge in [0.2, 0.25) is 11.8 Å². The monoisotopic (exact) mass is 367 g/mol. The molecule has 1 atom stereocenters. The van der Waals surface area contributed by atoms with Crippen molar-refractivity contribution in [1.82, 2.24) is 10.6 Å². The van der Waals surface area contributed by atoms with Crippen LogP contribution in [0.4, 0.5) is 5.69 Å². The SMILES string of the molecule is COc1ccccc1CNC(=O)CC[C@H]1NC(=O)c2ccccc2NC1=O. The Morgan fingerprint density at radius 1 is 1.11 bits per heavy atom. The van der Waals surface area contributed by atoms with Gasteiger partial charge in [0.15, 0.2) is 0 Å². The predicted octanol–water partition coefficient (Wildman–Crippen LogP) is 1.84. The Kier molecular flexibility index (Phi) is 5.71. The van der Waals surface area contributed by atoms with Gasteiger partial charge in [0.1, 0.15) is 11.8 Å². The van der Waals surface area contributed by atoms with Crippen molar-refractivity contribution in [3.05, 3.63) is 59.7 Å². The van der Waals surface area contributed by atoms with E-state index in [1.165, 1.54) is 0 Å². The number of anilines is 1. The number of hydrogen-bond acceptors (Lipinski definition) is 4. The molecule has 0 radical (unpaired) electrons. The van der Waals surface area contributed by atoms with Gasteiger partial charge in [0.25, 0.3) is 5.91 Å². The molecule has 2 aromatic carbocycles. The van der Waals surface area contributed by atoms with E-state index < -0.39 is 6.04 Å². The molecule has 0 spiro atoms. The molecule has 0 fully saturated rings. The van der Waals surface area contributed by atoms with Gasteiger partial charge in [-0.3, -0.25) is 14.4 Å². The van der Waals surface area contributed by atoms with Crippen molar-refractivity contribution in [2.45, 2.75) is 25.4 Å². The first-order valence-electron chi connectivity index (χ1n) is 8.68. The predicted molar refractivity (Wildman–Crippen MR) is 100 cm³/mol. The van der Waals surface area contributed by atoms with Crippen LogP contribution in [0.15, 0.2) is 48.5 Å². The summed E-state index contributed by atoms with van der Waals surface area (Å²) < 4.78 is 5.25. The molecule has 3 N–H and O–H groups in total. The Morgan fingerprint density at radius 2 is 1.85 bits per heavy atom. The van der Waals surface area contributed by atoms with Crippen molar-refractivity contribution in [3.8, 4) is 5.75 Å². The number of ether oxygens (including phenoxy) is 1. The van der Waals surface area contributed by atoms with Crippen LogP contribution in [0, 0.1) is 0 Å². The molecule has 7 heteroatoms. The average Bonchev–Trinajstić information content (AvgIpc) is 2.81. The topological polar surface area (TPSA) is 96.5 Å². The second kappa shape index (κ2) is 8.35. The molecule has 0 aromatic heterocycles. The summed E-state index contributed by atoms with van der Waals surface area (Å²) in [6.07, 6.45) is 0.327. The lowest BCUT2D eigenvalue weighted by Crippen LogP contribution is -2.42. The number of benzene rings is 2. The van der Waals surface area contributed by atoms with Crippen LogP contribution in [0.5, 0.6) is 5.75 Å². The Balaban J connectivity index is 1.54. The maximum Gasteiger partial charge on any atom is 0.254 e. The summed E-state index contributed by atoms with van der Waals surface area (Å²) in [6, 6.07) is 13.5. The van der Waals surface area contributed by atoms with E-state index >= 15 is 0 Å². The average molecular weight is 367 g/mol. The molecule has 1 heterocycles. The van der Waals surface area contributed by atoms with Crippen LogP contribution in [0.25, 0.3) is 0 Å². The highest BCUT2D eigenvalue weighted by molar-refractivity contribution is 6.09. The highest BCUT2D eigenvalue weighted by Gasteiger charge is 2.27. The van der Waals surface area contributed by atoms with Crippen LogP contribution in [0.3, 0.4) is 0 Å². The Bertz CT molecular complexity index is 866. The number of para-hydroxylation sites is 2. The zero-order valence-electron chi connectivity index (χ0n) is 15.0. The molecule has 0 saturated heterocycles. The lowest BCUT2D eigenvalue weighted by atomic mass is 10.1. The van der Waals surface area contributed by atoms with E-state index in [1.54, 1.807) is 31.4 Å². The van der Waals surface area contributed by atoms with Gasteiger partial charge in [-0.1, -0.05) is 30.3 Å². The van der Waals surface area contributed by atoms with E-state index in [0.29, 0.717) is 23.5 Å². The number of rotatable bonds is 6. The molecule has 140 valence electrons. The maximum absolute atomic E-state index is 12.3. The summed E-state index contributed by atoms with van der Waals surface area (Å²) in [7, 11) is 1.58. The van der Waals surface area contributed by atoms with Gasteiger partial charge in [-0.25, -0.2) is 0 Å². The first-order chi connectivity index (χ1) is 13.1. The third kappa shape index (κ3) is 4.44. The number of carbonyl (C=O) groups is 3. The van der Waals surface area contributed by atoms with Crippen LogP contribution in [-0.2, 0) is 16.1 Å². The van der Waals surface area contributed by atoms with E-state index in [9.17, 15) is 14.4 Å². The quantitative estimate of drug-likeness (QED) is 0.726. The Labute approximate surface area is 157 Å². The normalized spacial score (nSPS) is 15.8. The van der Waals surface area contributed by atoms with Crippen molar-refractivity contribution in [2.24, 2.45) is 0 Å². The molecule has 3 amide bonds. The van der Waals surface area contributed by atoms with Gasteiger partial charge < -0.3 is 20.7 Å². The van der Waals surface area contributed by atoms with Gasteiger partial charge in [-0.05, 0) is 24.6 Å². The van der Waals surface area contributed by atoms with Crippen LogP contribution < -0.4 is 20.7 Å². The fourth-order valence-corrected chi connectivity index (χ4v) is 2.92. The molecule has 0 aliphatic carbocycles. The second-order valence-electron chi connectivity index (χ2n) is 6.19. The van der Waals surface area contributed by atoms with E-state index in [0.717, 1.165) is 5.56 Å². The third-order valence-corrected chi connectivity index (χ3v) is 4.38. The summed E-state index contributed by atoms with van der Waals surface area (Å²) in [4.78, 5) is 36.7. The van der Waals surface area contributed by atoms with Gasteiger partial charge in [0, 0.05) is 18.5 Å². The Hall–Kier alpha value is -3.35. The van der Waals surface area contributed by atoms with Crippen LogP contribution in [0.1, 0.15) is 28.8 Å². The number of nitrogens with one attached hydrogen (secondary N) is 3. The largest absolute Gasteiger partial charge is 0.496 e. The lowest BCUT2D eigenvalue weighted by Gasteiger charge is -2.14. The molecular formula is C20H21N3O4. The zero-order chi connectivity index (χ0) is 19.2. The summed E-state index contributed by atoms with van der Waals surface area (Å²) in [6.45, 7) is 0.331. The fraction of sp³-hybridized carbons (Fsp3) is 0.250. The summed E-state index contributed by atoms with van der Waals surface area (Å²) >= 11 is 0. The smallest absolute Gasteiger partial charge is 0.254 e.